The van der Waals surface area contributed by atoms with Gasteiger partial charge in [-0.05, 0) is 30.9 Å². The fraction of sp³-hybridized carbons (Fsp3) is 0.500. The lowest BCUT2D eigenvalue weighted by atomic mass is 9.99. The van der Waals surface area contributed by atoms with Gasteiger partial charge in [0, 0.05) is 6.20 Å². The van der Waals surface area contributed by atoms with Crippen molar-refractivity contribution in [2.75, 3.05) is 7.11 Å². The minimum Gasteiger partial charge on any atom is -0.468 e. The van der Waals surface area contributed by atoms with E-state index in [2.05, 4.69) is 9.72 Å². The Balaban J connectivity index is 2.24. The van der Waals surface area contributed by atoms with Crippen LogP contribution in [-0.4, -0.2) is 18.1 Å². The normalized spacial score (nSPS) is 17.3. The monoisotopic (exact) mass is 259 g/mol. The van der Waals surface area contributed by atoms with Gasteiger partial charge in [0.2, 0.25) is 0 Å². The summed E-state index contributed by atoms with van der Waals surface area (Å²) in [5.41, 5.74) is -0.469. The maximum absolute atomic E-state index is 12.4. The van der Waals surface area contributed by atoms with Gasteiger partial charge in [0.15, 0.2) is 0 Å². The summed E-state index contributed by atoms with van der Waals surface area (Å²) in [6, 6.07) is 2.20. The van der Waals surface area contributed by atoms with Crippen LogP contribution < -0.4 is 0 Å². The molecule has 18 heavy (non-hydrogen) atoms. The van der Waals surface area contributed by atoms with Gasteiger partial charge in [-0.25, -0.2) is 0 Å². The predicted octanol–water partition coefficient (Wildman–Crippen LogP) is 2.77. The molecule has 3 nitrogen and oxygen atoms in total. The maximum atomic E-state index is 12.4. The summed E-state index contributed by atoms with van der Waals surface area (Å²) in [5.74, 6) is -0.844. The van der Waals surface area contributed by atoms with Crippen molar-refractivity contribution in [2.24, 2.45) is 5.92 Å². The number of pyridine rings is 1. The number of hydrogen-bond donors (Lipinski definition) is 0. The molecule has 0 aromatic carbocycles. The van der Waals surface area contributed by atoms with E-state index in [1.54, 1.807) is 0 Å². The highest BCUT2D eigenvalue weighted by Crippen LogP contribution is 2.43. The number of nitrogens with zero attached hydrogens (tertiary/aromatic N) is 1. The summed E-state index contributed by atoms with van der Waals surface area (Å²) < 4.78 is 41.8. The van der Waals surface area contributed by atoms with Crippen molar-refractivity contribution in [3.63, 3.8) is 0 Å². The van der Waals surface area contributed by atoms with Crippen LogP contribution in [0.4, 0.5) is 13.2 Å². The predicted molar refractivity (Wildman–Crippen MR) is 56.7 cm³/mol. The zero-order valence-electron chi connectivity index (χ0n) is 9.70. The minimum atomic E-state index is -4.41. The fourth-order valence-electron chi connectivity index (χ4n) is 1.87. The van der Waals surface area contributed by atoms with E-state index in [1.165, 1.54) is 13.2 Å². The second-order valence-electron chi connectivity index (χ2n) is 4.31. The molecule has 1 aliphatic rings. The highest BCUT2D eigenvalue weighted by atomic mass is 19.4. The maximum Gasteiger partial charge on any atom is 0.417 e. The van der Waals surface area contributed by atoms with Crippen LogP contribution in [0.15, 0.2) is 18.3 Å². The van der Waals surface area contributed by atoms with Crippen molar-refractivity contribution in [3.8, 4) is 0 Å². The van der Waals surface area contributed by atoms with E-state index < -0.39 is 23.6 Å². The minimum absolute atomic E-state index is 0.140. The third-order valence-corrected chi connectivity index (χ3v) is 2.98. The Bertz CT molecular complexity index is 438. The van der Waals surface area contributed by atoms with Gasteiger partial charge < -0.3 is 4.74 Å². The highest BCUT2D eigenvalue weighted by molar-refractivity contribution is 5.78. The summed E-state index contributed by atoms with van der Waals surface area (Å²) in [6.45, 7) is 0. The first kappa shape index (κ1) is 12.9. The number of rotatable bonds is 3. The summed E-state index contributed by atoms with van der Waals surface area (Å²) in [4.78, 5) is 15.3. The second kappa shape index (κ2) is 4.59. The molecule has 1 aromatic rings. The van der Waals surface area contributed by atoms with Crippen molar-refractivity contribution >= 4 is 5.97 Å². The smallest absolute Gasteiger partial charge is 0.417 e. The van der Waals surface area contributed by atoms with Crippen molar-refractivity contribution in [3.05, 3.63) is 29.6 Å². The summed E-state index contributed by atoms with van der Waals surface area (Å²) in [6.07, 6.45) is -1.90. The van der Waals surface area contributed by atoms with Crippen LogP contribution in [-0.2, 0) is 15.7 Å². The zero-order chi connectivity index (χ0) is 13.3. The van der Waals surface area contributed by atoms with Gasteiger partial charge >= 0.3 is 12.1 Å². The number of halogens is 3. The molecule has 98 valence electrons. The van der Waals surface area contributed by atoms with Crippen molar-refractivity contribution in [2.45, 2.75) is 24.9 Å². The lowest BCUT2D eigenvalue weighted by Crippen LogP contribution is -2.18. The SMILES string of the molecule is COC(=O)C(c1ccc(C(F)(F)F)cn1)C1CC1. The van der Waals surface area contributed by atoms with E-state index in [1.807, 2.05) is 0 Å². The first-order valence-corrected chi connectivity index (χ1v) is 5.54. The Kier molecular flexibility index (Phi) is 3.28. The first-order chi connectivity index (χ1) is 8.43. The number of methoxy groups -OCH3 is 1. The molecule has 1 fully saturated rings. The van der Waals surface area contributed by atoms with Crippen LogP contribution in [0.1, 0.15) is 30.0 Å². The first-order valence-electron chi connectivity index (χ1n) is 5.54. The molecule has 1 saturated carbocycles. The second-order valence-corrected chi connectivity index (χ2v) is 4.31. The number of ether oxygens (including phenoxy) is 1. The largest absolute Gasteiger partial charge is 0.468 e. The van der Waals surface area contributed by atoms with Crippen LogP contribution in [0.25, 0.3) is 0 Å². The molecule has 1 unspecified atom stereocenters. The van der Waals surface area contributed by atoms with Gasteiger partial charge in [0.25, 0.3) is 0 Å². The molecule has 0 spiro atoms. The average molecular weight is 259 g/mol. The summed E-state index contributed by atoms with van der Waals surface area (Å²) in [5, 5.41) is 0. The van der Waals surface area contributed by atoms with E-state index in [0.29, 0.717) is 5.69 Å². The molecule has 0 aliphatic heterocycles. The van der Waals surface area contributed by atoms with E-state index in [4.69, 9.17) is 0 Å². The molecule has 1 atom stereocenters. The van der Waals surface area contributed by atoms with Gasteiger partial charge in [0.1, 0.15) is 5.92 Å². The third kappa shape index (κ3) is 2.63. The Morgan fingerprint density at radius 2 is 2.11 bits per heavy atom. The van der Waals surface area contributed by atoms with Crippen molar-refractivity contribution in [1.29, 1.82) is 0 Å². The lowest BCUT2D eigenvalue weighted by molar-refractivity contribution is -0.143. The molecule has 0 radical (unpaired) electrons. The van der Waals surface area contributed by atoms with Gasteiger partial charge in [-0.2, -0.15) is 13.2 Å². The molecule has 1 heterocycles. The molecule has 0 amide bonds. The zero-order valence-corrected chi connectivity index (χ0v) is 9.70. The van der Waals surface area contributed by atoms with Crippen LogP contribution in [0.5, 0.6) is 0 Å². The molecule has 0 saturated heterocycles. The standard InChI is InChI=1S/C12H12F3NO2/c1-18-11(17)10(7-2-3-7)9-5-4-8(6-16-9)12(13,14)15/h4-7,10H,2-3H2,1H3. The van der Waals surface area contributed by atoms with E-state index >= 15 is 0 Å². The van der Waals surface area contributed by atoms with Gasteiger partial charge in [-0.3, -0.25) is 9.78 Å². The number of aromatic nitrogens is 1. The van der Waals surface area contributed by atoms with E-state index in [0.717, 1.165) is 25.1 Å². The number of alkyl halides is 3. The molecular formula is C12H12F3NO2. The summed E-state index contributed by atoms with van der Waals surface area (Å²) >= 11 is 0. The average Bonchev–Trinajstić information content (AvgIpc) is 3.13. The molecule has 2 rings (SSSR count). The van der Waals surface area contributed by atoms with Crippen molar-refractivity contribution in [1.82, 2.24) is 4.98 Å². The Morgan fingerprint density at radius 3 is 2.50 bits per heavy atom. The van der Waals surface area contributed by atoms with Crippen LogP contribution >= 0.6 is 0 Å². The molecule has 1 aliphatic carbocycles. The van der Waals surface area contributed by atoms with Gasteiger partial charge in [-0.1, -0.05) is 0 Å². The van der Waals surface area contributed by atoms with Crippen LogP contribution in [0.2, 0.25) is 0 Å². The highest BCUT2D eigenvalue weighted by Gasteiger charge is 2.39. The molecule has 0 bridgehead atoms. The number of carbonyl (C=O) groups excluding carboxylic acids is 1. The van der Waals surface area contributed by atoms with Crippen LogP contribution in [0.3, 0.4) is 0 Å². The number of carbonyl (C=O) groups is 1. The van der Waals surface area contributed by atoms with Crippen molar-refractivity contribution < 1.29 is 22.7 Å². The molecular weight excluding hydrogens is 247 g/mol. The van der Waals surface area contributed by atoms with Gasteiger partial charge in [-0.15, -0.1) is 0 Å². The third-order valence-electron chi connectivity index (χ3n) is 2.98. The Hall–Kier alpha value is -1.59. The van der Waals surface area contributed by atoms with E-state index in [-0.39, 0.29) is 5.92 Å². The molecule has 6 heteroatoms. The number of hydrogen-bond acceptors (Lipinski definition) is 3. The molecule has 0 N–H and O–H groups in total. The van der Waals surface area contributed by atoms with Gasteiger partial charge in [0.05, 0.1) is 18.4 Å². The van der Waals surface area contributed by atoms with E-state index in [9.17, 15) is 18.0 Å². The lowest BCUT2D eigenvalue weighted by Gasteiger charge is -2.14. The quantitative estimate of drug-likeness (QED) is 0.783. The Morgan fingerprint density at radius 1 is 1.44 bits per heavy atom. The van der Waals surface area contributed by atoms with Crippen LogP contribution in [0, 0.1) is 5.92 Å². The Labute approximate surface area is 102 Å². The topological polar surface area (TPSA) is 39.2 Å². The number of esters is 1. The molecule has 1 aromatic heterocycles. The summed E-state index contributed by atoms with van der Waals surface area (Å²) in [7, 11) is 1.27. The fourth-order valence-corrected chi connectivity index (χ4v) is 1.87.